The summed E-state index contributed by atoms with van der Waals surface area (Å²) in [6, 6.07) is 0.757. The van der Waals surface area contributed by atoms with Crippen molar-refractivity contribution >= 4 is 0 Å². The molecule has 0 radical (unpaired) electrons. The van der Waals surface area contributed by atoms with Crippen LogP contribution in [-0.4, -0.2) is 37.1 Å². The molecule has 17 heavy (non-hydrogen) atoms. The SMILES string of the molecule is CC(C)CNC1CCCN(CC2CCCC2)C1. The Morgan fingerprint density at radius 3 is 2.59 bits per heavy atom. The number of hydrogen-bond donors (Lipinski definition) is 1. The normalized spacial score (nSPS) is 28.1. The first-order valence-corrected chi connectivity index (χ1v) is 7.70. The summed E-state index contributed by atoms with van der Waals surface area (Å²) >= 11 is 0. The molecule has 1 atom stereocenters. The highest BCUT2D eigenvalue weighted by Gasteiger charge is 2.23. The van der Waals surface area contributed by atoms with Gasteiger partial charge in [-0.3, -0.25) is 0 Å². The predicted molar refractivity (Wildman–Crippen MR) is 74.3 cm³/mol. The van der Waals surface area contributed by atoms with Crippen LogP contribution >= 0.6 is 0 Å². The van der Waals surface area contributed by atoms with Crippen LogP contribution in [0.25, 0.3) is 0 Å². The van der Waals surface area contributed by atoms with Gasteiger partial charge in [0.1, 0.15) is 0 Å². The van der Waals surface area contributed by atoms with Crippen molar-refractivity contribution in [2.75, 3.05) is 26.2 Å². The van der Waals surface area contributed by atoms with E-state index in [-0.39, 0.29) is 0 Å². The van der Waals surface area contributed by atoms with Crippen LogP contribution in [0, 0.1) is 11.8 Å². The molecule has 0 spiro atoms. The van der Waals surface area contributed by atoms with Crippen molar-refractivity contribution in [3.05, 3.63) is 0 Å². The minimum atomic E-state index is 0.757. The quantitative estimate of drug-likeness (QED) is 0.792. The zero-order valence-corrected chi connectivity index (χ0v) is 11.8. The second-order valence-corrected chi connectivity index (χ2v) is 6.55. The molecule has 1 saturated heterocycles. The van der Waals surface area contributed by atoms with Gasteiger partial charge in [-0.25, -0.2) is 0 Å². The summed E-state index contributed by atoms with van der Waals surface area (Å²) in [6.07, 6.45) is 8.71. The molecule has 100 valence electrons. The van der Waals surface area contributed by atoms with Gasteiger partial charge in [-0.15, -0.1) is 0 Å². The molecule has 2 fully saturated rings. The maximum Gasteiger partial charge on any atom is 0.0195 e. The van der Waals surface area contributed by atoms with Crippen molar-refractivity contribution in [3.63, 3.8) is 0 Å². The van der Waals surface area contributed by atoms with E-state index in [1.165, 1.54) is 64.7 Å². The Morgan fingerprint density at radius 1 is 1.12 bits per heavy atom. The average molecular weight is 238 g/mol. The average Bonchev–Trinajstić information content (AvgIpc) is 2.80. The first kappa shape index (κ1) is 13.4. The lowest BCUT2D eigenvalue weighted by atomic mass is 10.0. The van der Waals surface area contributed by atoms with Crippen LogP contribution in [0.1, 0.15) is 52.4 Å². The summed E-state index contributed by atoms with van der Waals surface area (Å²) in [6.45, 7) is 9.79. The molecule has 1 N–H and O–H groups in total. The van der Waals surface area contributed by atoms with Crippen LogP contribution in [0.3, 0.4) is 0 Å². The van der Waals surface area contributed by atoms with Gasteiger partial charge in [0.25, 0.3) is 0 Å². The Morgan fingerprint density at radius 2 is 1.88 bits per heavy atom. The number of nitrogens with one attached hydrogen (secondary N) is 1. The third-order valence-corrected chi connectivity index (χ3v) is 4.31. The van der Waals surface area contributed by atoms with E-state index in [4.69, 9.17) is 0 Å². The van der Waals surface area contributed by atoms with Crippen LogP contribution in [0.15, 0.2) is 0 Å². The Bertz CT molecular complexity index is 209. The minimum Gasteiger partial charge on any atom is -0.312 e. The second-order valence-electron chi connectivity index (χ2n) is 6.55. The fourth-order valence-corrected chi connectivity index (χ4v) is 3.35. The monoisotopic (exact) mass is 238 g/mol. The van der Waals surface area contributed by atoms with Gasteiger partial charge in [0, 0.05) is 19.1 Å². The molecule has 0 aromatic heterocycles. The molecule has 2 heteroatoms. The van der Waals surface area contributed by atoms with E-state index in [1.54, 1.807) is 0 Å². The lowest BCUT2D eigenvalue weighted by Gasteiger charge is -2.35. The summed E-state index contributed by atoms with van der Waals surface area (Å²) in [5.41, 5.74) is 0. The van der Waals surface area contributed by atoms with Gasteiger partial charge in [-0.1, -0.05) is 26.7 Å². The fourth-order valence-electron chi connectivity index (χ4n) is 3.35. The van der Waals surface area contributed by atoms with Gasteiger partial charge in [0.15, 0.2) is 0 Å². The van der Waals surface area contributed by atoms with Crippen molar-refractivity contribution in [1.82, 2.24) is 10.2 Å². The first-order chi connectivity index (χ1) is 8.24. The van der Waals surface area contributed by atoms with Crippen LogP contribution < -0.4 is 5.32 Å². The first-order valence-electron chi connectivity index (χ1n) is 7.70. The van der Waals surface area contributed by atoms with Crippen molar-refractivity contribution < 1.29 is 0 Å². The molecule has 0 aromatic carbocycles. The van der Waals surface area contributed by atoms with Gasteiger partial charge in [0.2, 0.25) is 0 Å². The predicted octanol–water partition coefficient (Wildman–Crippen LogP) is 2.89. The standard InChI is InChI=1S/C15H30N2/c1-13(2)10-16-15-8-5-9-17(12-15)11-14-6-3-4-7-14/h13-16H,3-12H2,1-2H3. The molecule has 2 nitrogen and oxygen atoms in total. The Hall–Kier alpha value is -0.0800. The van der Waals surface area contributed by atoms with E-state index < -0.39 is 0 Å². The number of nitrogens with zero attached hydrogens (tertiary/aromatic N) is 1. The summed E-state index contributed by atoms with van der Waals surface area (Å²) in [7, 11) is 0. The van der Waals surface area contributed by atoms with Gasteiger partial charge >= 0.3 is 0 Å². The van der Waals surface area contributed by atoms with Gasteiger partial charge in [-0.2, -0.15) is 0 Å². The summed E-state index contributed by atoms with van der Waals surface area (Å²) in [4.78, 5) is 2.72. The van der Waals surface area contributed by atoms with Crippen molar-refractivity contribution in [2.45, 2.75) is 58.4 Å². The van der Waals surface area contributed by atoms with Gasteiger partial charge in [0.05, 0.1) is 0 Å². The highest BCUT2D eigenvalue weighted by molar-refractivity contribution is 4.81. The molecule has 2 rings (SSSR count). The lowest BCUT2D eigenvalue weighted by molar-refractivity contribution is 0.164. The molecule has 0 amide bonds. The van der Waals surface area contributed by atoms with E-state index in [2.05, 4.69) is 24.1 Å². The molecular formula is C15H30N2. The molecule has 1 unspecified atom stereocenters. The smallest absolute Gasteiger partial charge is 0.0195 e. The zero-order chi connectivity index (χ0) is 12.1. The van der Waals surface area contributed by atoms with Gasteiger partial charge in [-0.05, 0) is 50.6 Å². The Kier molecular flexibility index (Phi) is 5.30. The van der Waals surface area contributed by atoms with E-state index in [9.17, 15) is 0 Å². The highest BCUT2D eigenvalue weighted by atomic mass is 15.2. The van der Waals surface area contributed by atoms with Crippen LogP contribution in [0.2, 0.25) is 0 Å². The zero-order valence-electron chi connectivity index (χ0n) is 11.8. The Labute approximate surface area is 107 Å². The number of piperidine rings is 1. The maximum absolute atomic E-state index is 3.73. The third kappa shape index (κ3) is 4.59. The van der Waals surface area contributed by atoms with Crippen molar-refractivity contribution in [3.8, 4) is 0 Å². The topological polar surface area (TPSA) is 15.3 Å². The number of hydrogen-bond acceptors (Lipinski definition) is 2. The third-order valence-electron chi connectivity index (χ3n) is 4.31. The van der Waals surface area contributed by atoms with E-state index >= 15 is 0 Å². The van der Waals surface area contributed by atoms with Crippen LogP contribution in [0.5, 0.6) is 0 Å². The summed E-state index contributed by atoms with van der Waals surface area (Å²) in [5, 5.41) is 3.73. The second kappa shape index (κ2) is 6.75. The highest BCUT2D eigenvalue weighted by Crippen LogP contribution is 2.26. The molecule has 1 saturated carbocycles. The molecule has 1 aliphatic heterocycles. The molecule has 1 aliphatic carbocycles. The van der Waals surface area contributed by atoms with E-state index in [1.807, 2.05) is 0 Å². The number of rotatable bonds is 5. The van der Waals surface area contributed by atoms with E-state index in [0.717, 1.165) is 17.9 Å². The molecular weight excluding hydrogens is 208 g/mol. The largest absolute Gasteiger partial charge is 0.312 e. The van der Waals surface area contributed by atoms with Gasteiger partial charge < -0.3 is 10.2 Å². The van der Waals surface area contributed by atoms with E-state index in [0.29, 0.717) is 0 Å². The van der Waals surface area contributed by atoms with Crippen molar-refractivity contribution in [2.24, 2.45) is 11.8 Å². The fraction of sp³-hybridized carbons (Fsp3) is 1.00. The summed E-state index contributed by atoms with van der Waals surface area (Å²) < 4.78 is 0. The number of likely N-dealkylation sites (tertiary alicyclic amines) is 1. The molecule has 0 aromatic rings. The summed E-state index contributed by atoms with van der Waals surface area (Å²) in [5.74, 6) is 1.79. The minimum absolute atomic E-state index is 0.757. The molecule has 1 heterocycles. The maximum atomic E-state index is 3.73. The van der Waals surface area contributed by atoms with Crippen LogP contribution in [-0.2, 0) is 0 Å². The molecule has 0 bridgehead atoms. The lowest BCUT2D eigenvalue weighted by Crippen LogP contribution is -2.47. The molecule has 2 aliphatic rings. The van der Waals surface area contributed by atoms with Crippen molar-refractivity contribution in [1.29, 1.82) is 0 Å². The van der Waals surface area contributed by atoms with Crippen LogP contribution in [0.4, 0.5) is 0 Å². The Balaban J connectivity index is 1.68.